The van der Waals surface area contributed by atoms with Gasteiger partial charge >= 0.3 is 0 Å². The molecule has 0 nitrogen and oxygen atoms in total. The molecule has 1 aliphatic carbocycles. The molecule has 0 amide bonds. The summed E-state index contributed by atoms with van der Waals surface area (Å²) in [5.41, 5.74) is 0. The van der Waals surface area contributed by atoms with E-state index in [0.717, 1.165) is 41.4 Å². The lowest BCUT2D eigenvalue weighted by Gasteiger charge is -2.24. The van der Waals surface area contributed by atoms with Crippen molar-refractivity contribution in [3.63, 3.8) is 0 Å². The minimum absolute atomic E-state index is 0.843. The van der Waals surface area contributed by atoms with Crippen molar-refractivity contribution in [1.29, 1.82) is 0 Å². The van der Waals surface area contributed by atoms with E-state index in [-0.39, 0.29) is 0 Å². The fourth-order valence-corrected chi connectivity index (χ4v) is 3.11. The summed E-state index contributed by atoms with van der Waals surface area (Å²) in [5, 5.41) is 0. The van der Waals surface area contributed by atoms with Gasteiger partial charge in [0.05, 0.1) is 0 Å². The predicted octanol–water partition coefficient (Wildman–Crippen LogP) is 6.26. The average molecular weight is 255 g/mol. The van der Waals surface area contributed by atoms with Crippen molar-refractivity contribution < 1.29 is 0 Å². The van der Waals surface area contributed by atoms with Crippen LogP contribution < -0.4 is 0 Å². The quantitative estimate of drug-likeness (QED) is 0.543. The monoisotopic (exact) mass is 254 g/mol. The molecule has 0 heterocycles. The van der Waals surface area contributed by atoms with E-state index in [9.17, 15) is 0 Å². The van der Waals surface area contributed by atoms with Crippen LogP contribution in [-0.2, 0) is 0 Å². The third-order valence-corrected chi connectivity index (χ3v) is 4.81. The van der Waals surface area contributed by atoms with Crippen molar-refractivity contribution in [1.82, 2.24) is 0 Å². The Labute approximate surface area is 117 Å². The van der Waals surface area contributed by atoms with E-state index in [2.05, 4.69) is 62.3 Å². The van der Waals surface area contributed by atoms with Gasteiger partial charge in [0.15, 0.2) is 0 Å². The highest BCUT2D eigenvalue weighted by Crippen LogP contribution is 2.43. The van der Waals surface area contributed by atoms with E-state index in [1.54, 1.807) is 0 Å². The van der Waals surface area contributed by atoms with Crippen molar-refractivity contribution in [2.24, 2.45) is 41.4 Å². The van der Waals surface area contributed by atoms with Crippen molar-refractivity contribution >= 4 is 0 Å². The summed E-state index contributed by atoms with van der Waals surface area (Å²) in [6, 6.07) is 0. The van der Waals surface area contributed by atoms with Crippen LogP contribution in [0.1, 0.15) is 75.2 Å². The van der Waals surface area contributed by atoms with Crippen LogP contribution in [0.25, 0.3) is 0 Å². The molecule has 0 spiro atoms. The Morgan fingerprint density at radius 1 is 0.556 bits per heavy atom. The van der Waals surface area contributed by atoms with Crippen LogP contribution in [0.3, 0.4) is 0 Å². The third kappa shape index (κ3) is 6.81. The Morgan fingerprint density at radius 2 is 0.889 bits per heavy atom. The molecule has 0 heteroatoms. The molecule has 1 rings (SSSR count). The zero-order valence-electron chi connectivity index (χ0n) is 14.5. The van der Waals surface area contributed by atoms with Crippen molar-refractivity contribution in [2.45, 2.75) is 75.2 Å². The Hall–Kier alpha value is 0. The van der Waals surface area contributed by atoms with Crippen LogP contribution in [0.2, 0.25) is 0 Å². The first kappa shape index (κ1) is 18.0. The highest BCUT2D eigenvalue weighted by molar-refractivity contribution is 4.84. The standard InChI is InChI=1S/C10H20.C8H18/c1-7(2)10(8(3)4)9-5-6-9;1-6(2)8(5)7(3)4/h7-10H,5-6H2,1-4H3;6-8H,1-5H3. The van der Waals surface area contributed by atoms with Crippen LogP contribution >= 0.6 is 0 Å². The molecule has 0 aromatic carbocycles. The summed E-state index contributed by atoms with van der Waals surface area (Å²) in [6.07, 6.45) is 3.00. The molecule has 0 N–H and O–H groups in total. The lowest BCUT2D eigenvalue weighted by molar-refractivity contribution is 0.252. The van der Waals surface area contributed by atoms with Crippen LogP contribution in [0.4, 0.5) is 0 Å². The first-order chi connectivity index (χ1) is 8.18. The van der Waals surface area contributed by atoms with Crippen molar-refractivity contribution in [2.75, 3.05) is 0 Å². The van der Waals surface area contributed by atoms with Gasteiger partial charge in [0, 0.05) is 0 Å². The van der Waals surface area contributed by atoms with Gasteiger partial charge in [-0.3, -0.25) is 0 Å². The van der Waals surface area contributed by atoms with E-state index in [1.165, 1.54) is 12.8 Å². The first-order valence-corrected chi connectivity index (χ1v) is 8.18. The van der Waals surface area contributed by atoms with Crippen LogP contribution in [-0.4, -0.2) is 0 Å². The van der Waals surface area contributed by atoms with Crippen LogP contribution in [0.5, 0.6) is 0 Å². The zero-order chi connectivity index (χ0) is 14.5. The lowest BCUT2D eigenvalue weighted by atomic mass is 9.82. The van der Waals surface area contributed by atoms with Gasteiger partial charge in [0.25, 0.3) is 0 Å². The number of hydrogen-bond acceptors (Lipinski definition) is 0. The highest BCUT2D eigenvalue weighted by Gasteiger charge is 2.34. The summed E-state index contributed by atoms with van der Waals surface area (Å²) in [5.74, 6) is 6.43. The Morgan fingerprint density at radius 3 is 0.944 bits per heavy atom. The van der Waals surface area contributed by atoms with Gasteiger partial charge in [-0.05, 0) is 54.3 Å². The largest absolute Gasteiger partial charge is 0.0625 e. The van der Waals surface area contributed by atoms with Gasteiger partial charge in [-0.25, -0.2) is 0 Å². The molecule has 0 aromatic rings. The van der Waals surface area contributed by atoms with Gasteiger partial charge in [-0.1, -0.05) is 62.3 Å². The molecule has 1 aliphatic rings. The summed E-state index contributed by atoms with van der Waals surface area (Å²) in [4.78, 5) is 0. The molecular weight excluding hydrogens is 216 g/mol. The minimum atomic E-state index is 0.843. The van der Waals surface area contributed by atoms with Gasteiger partial charge in [-0.15, -0.1) is 0 Å². The molecule has 0 atom stereocenters. The first-order valence-electron chi connectivity index (χ1n) is 8.18. The second-order valence-corrected chi connectivity index (χ2v) is 7.75. The molecular formula is C18H38. The smallest absolute Gasteiger partial charge is 0.0340 e. The van der Waals surface area contributed by atoms with E-state index in [1.807, 2.05) is 0 Å². The van der Waals surface area contributed by atoms with Crippen LogP contribution in [0, 0.1) is 41.4 Å². The fraction of sp³-hybridized carbons (Fsp3) is 1.00. The summed E-state index contributed by atoms with van der Waals surface area (Å²) in [7, 11) is 0. The molecule has 110 valence electrons. The molecule has 0 aromatic heterocycles. The zero-order valence-corrected chi connectivity index (χ0v) is 14.5. The molecule has 0 saturated heterocycles. The minimum Gasteiger partial charge on any atom is -0.0625 e. The molecule has 0 aliphatic heterocycles. The molecule has 0 unspecified atom stereocenters. The topological polar surface area (TPSA) is 0 Å². The SMILES string of the molecule is CC(C)C(C(C)C)C1CC1.CC(C)C(C)C(C)C. The molecule has 1 saturated carbocycles. The maximum Gasteiger partial charge on any atom is -0.0340 e. The summed E-state index contributed by atoms with van der Waals surface area (Å²) in [6.45, 7) is 20.9. The molecule has 0 bridgehead atoms. The van der Waals surface area contributed by atoms with Crippen molar-refractivity contribution in [3.05, 3.63) is 0 Å². The normalized spacial score (nSPS) is 16.2. The number of rotatable bonds is 5. The second kappa shape index (κ2) is 8.23. The summed E-state index contributed by atoms with van der Waals surface area (Å²) < 4.78 is 0. The van der Waals surface area contributed by atoms with E-state index >= 15 is 0 Å². The van der Waals surface area contributed by atoms with E-state index in [0.29, 0.717) is 0 Å². The lowest BCUT2D eigenvalue weighted by Crippen LogP contribution is -2.17. The summed E-state index contributed by atoms with van der Waals surface area (Å²) >= 11 is 0. The van der Waals surface area contributed by atoms with Crippen LogP contribution in [0.15, 0.2) is 0 Å². The maximum atomic E-state index is 2.36. The Kier molecular flexibility index (Phi) is 8.23. The average Bonchev–Trinajstić information content (AvgIpc) is 3.00. The third-order valence-electron chi connectivity index (χ3n) is 4.81. The van der Waals surface area contributed by atoms with Gasteiger partial charge in [-0.2, -0.15) is 0 Å². The number of hydrogen-bond donors (Lipinski definition) is 0. The molecule has 0 radical (unpaired) electrons. The predicted molar refractivity (Wildman–Crippen MR) is 84.7 cm³/mol. The van der Waals surface area contributed by atoms with E-state index < -0.39 is 0 Å². The van der Waals surface area contributed by atoms with E-state index in [4.69, 9.17) is 0 Å². The Bertz CT molecular complexity index is 177. The molecule has 1 fully saturated rings. The highest BCUT2D eigenvalue weighted by atomic mass is 14.4. The van der Waals surface area contributed by atoms with Gasteiger partial charge in [0.1, 0.15) is 0 Å². The van der Waals surface area contributed by atoms with Crippen molar-refractivity contribution in [3.8, 4) is 0 Å². The second-order valence-electron chi connectivity index (χ2n) is 7.75. The maximum absolute atomic E-state index is 2.36. The fourth-order valence-electron chi connectivity index (χ4n) is 3.11. The van der Waals surface area contributed by atoms with Gasteiger partial charge < -0.3 is 0 Å². The Balaban J connectivity index is 0.000000331. The van der Waals surface area contributed by atoms with Gasteiger partial charge in [0.2, 0.25) is 0 Å². The molecule has 18 heavy (non-hydrogen) atoms.